The molecule has 0 radical (unpaired) electrons. The van der Waals surface area contributed by atoms with E-state index in [4.69, 9.17) is 0 Å². The molecule has 0 saturated carbocycles. The van der Waals surface area contributed by atoms with Crippen molar-refractivity contribution < 1.29 is 35.7 Å². The van der Waals surface area contributed by atoms with Crippen LogP contribution in [0.4, 0.5) is 23.7 Å². The van der Waals surface area contributed by atoms with Gasteiger partial charge in [0.15, 0.2) is 6.61 Å². The number of rotatable bonds is 5. The zero-order valence-electron chi connectivity index (χ0n) is 16.7. The van der Waals surface area contributed by atoms with Crippen molar-refractivity contribution in [3.63, 3.8) is 0 Å². The molecule has 1 aliphatic heterocycles. The lowest BCUT2D eigenvalue weighted by atomic mass is 10.1. The number of hydrogen-bond acceptors (Lipinski definition) is 5. The van der Waals surface area contributed by atoms with Crippen LogP contribution in [0.25, 0.3) is 22.2 Å². The molecule has 0 aliphatic carbocycles. The molecule has 2 aromatic carbocycles. The number of nitrogens with zero attached hydrogens (tertiary/aromatic N) is 2. The van der Waals surface area contributed by atoms with E-state index in [0.717, 1.165) is 17.4 Å². The molecule has 1 aliphatic rings. The first-order valence-corrected chi connectivity index (χ1v) is 11.2. The first-order valence-electron chi connectivity index (χ1n) is 9.76. The van der Waals surface area contributed by atoms with Crippen molar-refractivity contribution in [3.05, 3.63) is 48.5 Å². The largest absolute Gasteiger partial charge is 0.464 e. The van der Waals surface area contributed by atoms with Crippen LogP contribution in [0, 0.1) is 0 Å². The summed E-state index contributed by atoms with van der Waals surface area (Å²) in [7, 11) is -4.72. The summed E-state index contributed by atoms with van der Waals surface area (Å²) in [5.41, 5.74) is 1.50. The van der Waals surface area contributed by atoms with Crippen molar-refractivity contribution in [1.82, 2.24) is 4.57 Å². The number of hydrogen-bond donors (Lipinski definition) is 1. The summed E-state index contributed by atoms with van der Waals surface area (Å²) in [5, 5.41) is 10.5. The molecule has 0 unspecified atom stereocenters. The molecule has 1 aromatic heterocycles. The third-order valence-electron chi connectivity index (χ3n) is 5.26. The fourth-order valence-corrected chi connectivity index (χ4v) is 4.80. The summed E-state index contributed by atoms with van der Waals surface area (Å²) in [6.07, 6.45) is -4.26. The molecule has 7 nitrogen and oxygen atoms in total. The molecule has 1 N–H and O–H groups in total. The molecule has 1 fully saturated rings. The van der Waals surface area contributed by atoms with Gasteiger partial charge < -0.3 is 10.0 Å². The number of benzene rings is 2. The molecular weight excluding hydrogens is 449 g/mol. The minimum Gasteiger partial charge on any atom is -0.464 e. The van der Waals surface area contributed by atoms with Gasteiger partial charge in [-0.15, -0.1) is 0 Å². The lowest BCUT2D eigenvalue weighted by molar-refractivity contribution is -0.152. The predicted molar refractivity (Wildman–Crippen MR) is 111 cm³/mol. The maximum absolute atomic E-state index is 12.5. The number of carboxylic acid groups (broad SMARTS) is 1. The Labute approximate surface area is 181 Å². The van der Waals surface area contributed by atoms with Gasteiger partial charge in [-0.2, -0.15) is 21.6 Å². The zero-order valence-corrected chi connectivity index (χ0v) is 17.5. The highest BCUT2D eigenvalue weighted by atomic mass is 32.2. The van der Waals surface area contributed by atoms with Crippen LogP contribution in [0.1, 0.15) is 12.8 Å². The number of para-hydroxylation sites is 1. The fourth-order valence-electron chi connectivity index (χ4n) is 3.88. The average Bonchev–Trinajstić information content (AvgIpc) is 3.39. The molecule has 3 aromatic rings. The minimum absolute atomic E-state index is 0.216. The van der Waals surface area contributed by atoms with Crippen LogP contribution in [0.2, 0.25) is 0 Å². The van der Waals surface area contributed by atoms with Crippen LogP contribution in [-0.4, -0.2) is 50.1 Å². The van der Waals surface area contributed by atoms with Crippen LogP contribution in [0.15, 0.2) is 53.4 Å². The summed E-state index contributed by atoms with van der Waals surface area (Å²) < 4.78 is 67.6. The third kappa shape index (κ3) is 4.30. The average molecular weight is 468 g/mol. The van der Waals surface area contributed by atoms with Gasteiger partial charge >= 0.3 is 12.3 Å². The van der Waals surface area contributed by atoms with Crippen LogP contribution >= 0.6 is 0 Å². The lowest BCUT2D eigenvalue weighted by Crippen LogP contribution is -2.22. The molecule has 2 heterocycles. The molecule has 1 saturated heterocycles. The van der Waals surface area contributed by atoms with Crippen LogP contribution < -0.4 is 4.90 Å². The van der Waals surface area contributed by atoms with Gasteiger partial charge in [0, 0.05) is 29.7 Å². The Morgan fingerprint density at radius 2 is 1.75 bits per heavy atom. The van der Waals surface area contributed by atoms with E-state index >= 15 is 0 Å². The number of halogens is 3. The Hall–Kier alpha value is -3.05. The van der Waals surface area contributed by atoms with E-state index in [0.29, 0.717) is 29.7 Å². The van der Waals surface area contributed by atoms with Gasteiger partial charge in [-0.1, -0.05) is 18.2 Å². The van der Waals surface area contributed by atoms with Gasteiger partial charge in [0.25, 0.3) is 10.1 Å². The van der Waals surface area contributed by atoms with Gasteiger partial charge in [-0.05, 0) is 43.2 Å². The quantitative estimate of drug-likeness (QED) is 0.546. The maximum Gasteiger partial charge on any atom is 0.416 e. The zero-order chi connectivity index (χ0) is 23.1. The maximum atomic E-state index is 12.5. The number of carbonyl (C=O) groups is 1. The predicted octanol–water partition coefficient (Wildman–Crippen LogP) is 4.70. The van der Waals surface area contributed by atoms with E-state index in [9.17, 15) is 31.5 Å². The summed E-state index contributed by atoms with van der Waals surface area (Å²) in [6, 6.07) is 12.2. The third-order valence-corrected chi connectivity index (χ3v) is 6.52. The molecule has 4 rings (SSSR count). The Kier molecular flexibility index (Phi) is 5.63. The van der Waals surface area contributed by atoms with Crippen molar-refractivity contribution in [3.8, 4) is 11.3 Å². The Balaban J connectivity index is 1.90. The monoisotopic (exact) mass is 468 g/mol. The standard InChI is InChI=1S/C21H19F3N2O5S/c22-21(23,24)13-31-32(29,30)15-7-8-18(25-9-3-4-10-25)16(12-15)19-11-14-5-1-2-6-17(14)26(19)20(27)28/h1-2,5-8,11-12H,3-4,9-10,13H2,(H,27,28). The van der Waals surface area contributed by atoms with Crippen LogP contribution in [-0.2, 0) is 14.3 Å². The topological polar surface area (TPSA) is 88.8 Å². The first kappa shape index (κ1) is 22.2. The van der Waals surface area contributed by atoms with E-state index in [1.165, 1.54) is 18.2 Å². The molecular formula is C21H19F3N2O5S. The Bertz CT molecular complexity index is 1280. The summed E-state index contributed by atoms with van der Waals surface area (Å²) >= 11 is 0. The second-order valence-electron chi connectivity index (χ2n) is 7.41. The molecule has 0 spiro atoms. The second-order valence-corrected chi connectivity index (χ2v) is 9.03. The molecule has 0 atom stereocenters. The van der Waals surface area contributed by atoms with Crippen molar-refractivity contribution in [2.75, 3.05) is 24.6 Å². The highest BCUT2D eigenvalue weighted by molar-refractivity contribution is 7.86. The van der Waals surface area contributed by atoms with Crippen molar-refractivity contribution in [2.24, 2.45) is 0 Å². The highest BCUT2D eigenvalue weighted by Crippen LogP contribution is 2.38. The lowest BCUT2D eigenvalue weighted by Gasteiger charge is -2.22. The summed E-state index contributed by atoms with van der Waals surface area (Å²) in [5.74, 6) is 0. The molecule has 0 bridgehead atoms. The van der Waals surface area contributed by atoms with Gasteiger partial charge in [0.05, 0.1) is 16.1 Å². The van der Waals surface area contributed by atoms with Gasteiger partial charge in [0.2, 0.25) is 0 Å². The second kappa shape index (κ2) is 8.14. The van der Waals surface area contributed by atoms with Gasteiger partial charge in [-0.25, -0.2) is 9.36 Å². The normalized spacial score (nSPS) is 14.9. The molecule has 32 heavy (non-hydrogen) atoms. The van der Waals surface area contributed by atoms with E-state index in [1.807, 2.05) is 4.90 Å². The Morgan fingerprint density at radius 3 is 2.41 bits per heavy atom. The van der Waals surface area contributed by atoms with Crippen molar-refractivity contribution in [2.45, 2.75) is 23.9 Å². The van der Waals surface area contributed by atoms with E-state index in [1.54, 1.807) is 30.3 Å². The minimum atomic E-state index is -4.82. The highest BCUT2D eigenvalue weighted by Gasteiger charge is 2.32. The van der Waals surface area contributed by atoms with E-state index in [-0.39, 0.29) is 11.3 Å². The van der Waals surface area contributed by atoms with E-state index < -0.39 is 33.9 Å². The smallest absolute Gasteiger partial charge is 0.416 e. The van der Waals surface area contributed by atoms with E-state index in [2.05, 4.69) is 4.18 Å². The van der Waals surface area contributed by atoms with Crippen molar-refractivity contribution in [1.29, 1.82) is 0 Å². The summed E-state index contributed by atoms with van der Waals surface area (Å²) in [6.45, 7) is -0.568. The number of alkyl halides is 3. The SMILES string of the molecule is O=C(O)n1c(-c2cc(S(=O)(=O)OCC(F)(F)F)ccc2N2CCCC2)cc2ccccc21. The molecule has 170 valence electrons. The molecule has 11 heteroatoms. The van der Waals surface area contributed by atoms with Crippen molar-refractivity contribution >= 4 is 32.8 Å². The number of fused-ring (bicyclic) bond motifs is 1. The van der Waals surface area contributed by atoms with Gasteiger partial charge in [0.1, 0.15) is 0 Å². The first-order chi connectivity index (χ1) is 15.1. The Morgan fingerprint density at radius 1 is 1.06 bits per heavy atom. The summed E-state index contributed by atoms with van der Waals surface area (Å²) in [4.78, 5) is 13.6. The number of aromatic nitrogens is 1. The van der Waals surface area contributed by atoms with Crippen LogP contribution in [0.5, 0.6) is 0 Å². The fraction of sp³-hybridized carbons (Fsp3) is 0.286. The van der Waals surface area contributed by atoms with Gasteiger partial charge in [-0.3, -0.25) is 4.18 Å². The van der Waals surface area contributed by atoms with Crippen LogP contribution in [0.3, 0.4) is 0 Å². The molecule has 0 amide bonds. The number of anilines is 1.